The molecule has 0 saturated heterocycles. The van der Waals surface area contributed by atoms with Crippen molar-refractivity contribution in [3.63, 3.8) is 0 Å². The fourth-order valence-corrected chi connectivity index (χ4v) is 9.69. The van der Waals surface area contributed by atoms with E-state index in [0.717, 1.165) is 88.6 Å². The van der Waals surface area contributed by atoms with Gasteiger partial charge in [0.25, 0.3) is 0 Å². The van der Waals surface area contributed by atoms with Crippen LogP contribution in [0.3, 0.4) is 0 Å². The highest BCUT2D eigenvalue weighted by atomic mass is 16.3. The predicted octanol–water partition coefficient (Wildman–Crippen LogP) is 14.1. The van der Waals surface area contributed by atoms with Gasteiger partial charge in [-0.15, -0.1) is 0 Å². The SMILES string of the molecule is c1ccc(C2=NC(n3c4ccccc4c4cc(-c5ccc6oc7cccc(-c8ccc9c%10ccccc%10n(-c%10ccccc%10)c9c8)c7c6c5)ccc43)=NC(c3ccccc3)N2)cc1. The van der Waals surface area contributed by atoms with Crippen molar-refractivity contribution < 1.29 is 4.42 Å². The maximum absolute atomic E-state index is 6.57. The zero-order chi connectivity index (χ0) is 41.4. The molecule has 13 rings (SSSR count). The molecule has 0 amide bonds. The summed E-state index contributed by atoms with van der Waals surface area (Å²) in [5, 5.41) is 10.6. The first-order valence-corrected chi connectivity index (χ1v) is 21.4. The number of aliphatic imine (C=N–C) groups is 2. The summed E-state index contributed by atoms with van der Waals surface area (Å²) in [6.07, 6.45) is -0.304. The Kier molecular flexibility index (Phi) is 7.87. The summed E-state index contributed by atoms with van der Waals surface area (Å²) in [6.45, 7) is 0. The number of hydrogen-bond acceptors (Lipinski definition) is 4. The number of para-hydroxylation sites is 3. The number of aromatic nitrogens is 2. The van der Waals surface area contributed by atoms with E-state index in [1.165, 1.54) is 21.8 Å². The molecule has 1 aliphatic rings. The minimum absolute atomic E-state index is 0.304. The summed E-state index contributed by atoms with van der Waals surface area (Å²) in [4.78, 5) is 10.5. The molecule has 1 unspecified atom stereocenters. The molecule has 1 N–H and O–H groups in total. The Morgan fingerprint density at radius 3 is 1.83 bits per heavy atom. The van der Waals surface area contributed by atoms with E-state index >= 15 is 0 Å². The van der Waals surface area contributed by atoms with E-state index in [1.807, 2.05) is 24.3 Å². The van der Waals surface area contributed by atoms with Crippen LogP contribution in [0.5, 0.6) is 0 Å². The molecule has 0 saturated carbocycles. The number of amidine groups is 1. The van der Waals surface area contributed by atoms with Crippen LogP contribution >= 0.6 is 0 Å². The van der Waals surface area contributed by atoms with E-state index in [-0.39, 0.29) is 6.17 Å². The van der Waals surface area contributed by atoms with Crippen LogP contribution in [-0.4, -0.2) is 20.9 Å². The van der Waals surface area contributed by atoms with Crippen molar-refractivity contribution in [3.8, 4) is 27.9 Å². The van der Waals surface area contributed by atoms with Crippen molar-refractivity contribution in [1.82, 2.24) is 14.5 Å². The van der Waals surface area contributed by atoms with Gasteiger partial charge >= 0.3 is 0 Å². The highest BCUT2D eigenvalue weighted by Crippen LogP contribution is 2.42. The van der Waals surface area contributed by atoms with Gasteiger partial charge < -0.3 is 14.3 Å². The largest absolute Gasteiger partial charge is 0.456 e. The predicted molar refractivity (Wildman–Crippen MR) is 260 cm³/mol. The minimum atomic E-state index is -0.304. The quantitative estimate of drug-likeness (QED) is 0.188. The van der Waals surface area contributed by atoms with E-state index in [9.17, 15) is 0 Å². The zero-order valence-corrected chi connectivity index (χ0v) is 34.0. The van der Waals surface area contributed by atoms with E-state index in [2.05, 4.69) is 203 Å². The summed E-state index contributed by atoms with van der Waals surface area (Å²) in [5.41, 5.74) is 13.9. The van der Waals surface area contributed by atoms with Crippen LogP contribution in [-0.2, 0) is 0 Å². The number of nitrogens with one attached hydrogen (secondary N) is 1. The average molecular weight is 808 g/mol. The van der Waals surface area contributed by atoms with Crippen LogP contribution in [0, 0.1) is 0 Å². The lowest BCUT2D eigenvalue weighted by molar-refractivity contribution is 0.668. The molecule has 6 heteroatoms. The summed E-state index contributed by atoms with van der Waals surface area (Å²) < 4.78 is 11.2. The van der Waals surface area contributed by atoms with Crippen LogP contribution < -0.4 is 5.32 Å². The van der Waals surface area contributed by atoms with Gasteiger partial charge in [-0.1, -0.05) is 152 Å². The Bertz CT molecular complexity index is 3820. The number of rotatable bonds is 5. The third-order valence-electron chi connectivity index (χ3n) is 12.6. The highest BCUT2D eigenvalue weighted by molar-refractivity contribution is 6.19. The van der Waals surface area contributed by atoms with Crippen molar-refractivity contribution >= 4 is 77.3 Å². The van der Waals surface area contributed by atoms with Crippen LogP contribution in [0.1, 0.15) is 17.3 Å². The van der Waals surface area contributed by atoms with Gasteiger partial charge in [0.15, 0.2) is 0 Å². The Morgan fingerprint density at radius 1 is 0.413 bits per heavy atom. The smallest absolute Gasteiger partial charge is 0.234 e. The third-order valence-corrected chi connectivity index (χ3v) is 12.6. The highest BCUT2D eigenvalue weighted by Gasteiger charge is 2.24. The third kappa shape index (κ3) is 5.65. The van der Waals surface area contributed by atoms with Gasteiger partial charge in [0.1, 0.15) is 23.2 Å². The monoisotopic (exact) mass is 807 g/mol. The Hall–Kier alpha value is -8.48. The van der Waals surface area contributed by atoms with Crippen LogP contribution in [0.15, 0.2) is 227 Å². The van der Waals surface area contributed by atoms with Gasteiger partial charge in [-0.2, -0.15) is 4.99 Å². The molecule has 0 fully saturated rings. The number of fused-ring (bicyclic) bond motifs is 9. The molecule has 9 aromatic carbocycles. The molecule has 0 radical (unpaired) electrons. The maximum Gasteiger partial charge on any atom is 0.234 e. The van der Waals surface area contributed by atoms with E-state index in [4.69, 9.17) is 14.4 Å². The van der Waals surface area contributed by atoms with E-state index in [1.54, 1.807) is 0 Å². The number of hydrogen-bond donors (Lipinski definition) is 1. The van der Waals surface area contributed by atoms with Crippen LogP contribution in [0.25, 0.3) is 93.5 Å². The van der Waals surface area contributed by atoms with E-state index in [0.29, 0.717) is 5.96 Å². The first-order chi connectivity index (χ1) is 31.2. The molecule has 1 atom stereocenters. The standard InChI is InChI=1S/C57H37N5O/c1-4-15-36(16-5-1)55-58-56(37-17-6-2-7-18-37)60-57(59-55)62-49-25-13-11-22-44(49)46-33-38(28-31-50(46)62)39-29-32-52-47(34-39)54-42(23-14-26-53(54)63-52)40-27-30-45-43-21-10-12-24-48(43)61(51(45)35-40)41-19-8-3-9-20-41/h1-35,55H,(H,58,59,60). The van der Waals surface area contributed by atoms with Crippen molar-refractivity contribution in [1.29, 1.82) is 0 Å². The Labute approximate surface area is 362 Å². The lowest BCUT2D eigenvalue weighted by atomic mass is 9.96. The molecular weight excluding hydrogens is 771 g/mol. The Morgan fingerprint density at radius 2 is 1.03 bits per heavy atom. The van der Waals surface area contributed by atoms with Crippen molar-refractivity contribution in [2.24, 2.45) is 9.98 Å². The molecule has 296 valence electrons. The fourth-order valence-electron chi connectivity index (χ4n) is 9.69. The van der Waals surface area contributed by atoms with Gasteiger partial charge in [-0.05, 0) is 88.5 Å². The van der Waals surface area contributed by atoms with Crippen LogP contribution in [0.2, 0.25) is 0 Å². The molecule has 3 aromatic heterocycles. The fraction of sp³-hybridized carbons (Fsp3) is 0.0175. The molecule has 4 heterocycles. The molecule has 0 aliphatic carbocycles. The second-order valence-corrected chi connectivity index (χ2v) is 16.2. The lowest BCUT2D eigenvalue weighted by Crippen LogP contribution is -2.35. The summed E-state index contributed by atoms with van der Waals surface area (Å²) in [6, 6.07) is 75.1. The van der Waals surface area contributed by atoms with Crippen molar-refractivity contribution in [3.05, 3.63) is 223 Å². The minimum Gasteiger partial charge on any atom is -0.456 e. The number of furan rings is 1. The average Bonchev–Trinajstić information content (AvgIpc) is 4.01. The van der Waals surface area contributed by atoms with Gasteiger partial charge in [0, 0.05) is 43.6 Å². The second-order valence-electron chi connectivity index (χ2n) is 16.2. The Balaban J connectivity index is 0.958. The summed E-state index contributed by atoms with van der Waals surface area (Å²) >= 11 is 0. The van der Waals surface area contributed by atoms with Crippen LogP contribution in [0.4, 0.5) is 0 Å². The molecule has 63 heavy (non-hydrogen) atoms. The molecule has 0 bridgehead atoms. The second kappa shape index (κ2) is 14.0. The molecule has 6 nitrogen and oxygen atoms in total. The molecule has 1 aliphatic heterocycles. The summed E-state index contributed by atoms with van der Waals surface area (Å²) in [7, 11) is 0. The first-order valence-electron chi connectivity index (χ1n) is 21.4. The lowest BCUT2D eigenvalue weighted by Gasteiger charge is -2.24. The van der Waals surface area contributed by atoms with Gasteiger partial charge in [-0.25, -0.2) is 4.99 Å². The maximum atomic E-state index is 6.57. The van der Waals surface area contributed by atoms with Crippen molar-refractivity contribution in [2.75, 3.05) is 0 Å². The molecule has 12 aromatic rings. The molecular formula is C57H37N5O. The van der Waals surface area contributed by atoms with Gasteiger partial charge in [0.2, 0.25) is 5.96 Å². The number of nitrogens with zero attached hydrogens (tertiary/aromatic N) is 4. The van der Waals surface area contributed by atoms with Gasteiger partial charge in [-0.3, -0.25) is 4.57 Å². The van der Waals surface area contributed by atoms with Gasteiger partial charge in [0.05, 0.1) is 22.1 Å². The first kappa shape index (κ1) is 35.3. The normalized spacial score (nSPS) is 14.2. The topological polar surface area (TPSA) is 59.8 Å². The van der Waals surface area contributed by atoms with Crippen molar-refractivity contribution in [2.45, 2.75) is 6.17 Å². The van der Waals surface area contributed by atoms with E-state index < -0.39 is 0 Å². The number of benzene rings is 9. The molecule has 0 spiro atoms. The summed E-state index contributed by atoms with van der Waals surface area (Å²) in [5.74, 6) is 1.43. The zero-order valence-electron chi connectivity index (χ0n) is 34.0.